The quantitative estimate of drug-likeness (QED) is 0.529. The molecule has 0 atom stereocenters. The van der Waals surface area contributed by atoms with Crippen molar-refractivity contribution in [3.63, 3.8) is 0 Å². The molecule has 0 bridgehead atoms. The third-order valence-corrected chi connectivity index (χ3v) is 0.999. The predicted octanol–water partition coefficient (Wildman–Crippen LogP) is 1.08. The molecular weight excluding hydrogens is 90.1 g/mol. The zero-order valence-corrected chi connectivity index (χ0v) is 5.06. The Hall–Kier alpha value is -0.0800. The van der Waals surface area contributed by atoms with Crippen molar-refractivity contribution in [3.05, 3.63) is 6.10 Å². The van der Waals surface area contributed by atoms with E-state index in [4.69, 9.17) is 5.90 Å². The van der Waals surface area contributed by atoms with Gasteiger partial charge in [0, 0.05) is 0 Å². The Morgan fingerprint density at radius 2 is 2.00 bits per heavy atom. The molecule has 0 aliphatic heterocycles. The summed E-state index contributed by atoms with van der Waals surface area (Å²) in [6, 6.07) is 0. The van der Waals surface area contributed by atoms with Crippen LogP contribution in [0.15, 0.2) is 0 Å². The molecule has 0 amide bonds. The highest BCUT2D eigenvalue weighted by Gasteiger charge is 2.04. The first-order valence-corrected chi connectivity index (χ1v) is 2.38. The Labute approximate surface area is 44.6 Å². The SMILES string of the molecule is C[C](ON)C(C)C. The van der Waals surface area contributed by atoms with Crippen LogP contribution in [0.1, 0.15) is 20.8 Å². The van der Waals surface area contributed by atoms with E-state index in [2.05, 4.69) is 4.84 Å². The predicted molar refractivity (Wildman–Crippen MR) is 29.0 cm³/mol. The van der Waals surface area contributed by atoms with Gasteiger partial charge in [0.25, 0.3) is 0 Å². The first-order chi connectivity index (χ1) is 3.18. The molecule has 2 nitrogen and oxygen atoms in total. The molecule has 0 aliphatic rings. The van der Waals surface area contributed by atoms with Crippen molar-refractivity contribution in [2.45, 2.75) is 20.8 Å². The molecule has 0 aromatic rings. The third kappa shape index (κ3) is 2.60. The van der Waals surface area contributed by atoms with E-state index in [0.717, 1.165) is 6.10 Å². The summed E-state index contributed by atoms with van der Waals surface area (Å²) in [7, 11) is 0. The maximum Gasteiger partial charge on any atom is 0.120 e. The van der Waals surface area contributed by atoms with Crippen LogP contribution in [0.4, 0.5) is 0 Å². The van der Waals surface area contributed by atoms with Gasteiger partial charge in [0.2, 0.25) is 0 Å². The van der Waals surface area contributed by atoms with Gasteiger partial charge in [0.05, 0.1) is 0 Å². The summed E-state index contributed by atoms with van der Waals surface area (Å²) in [5.41, 5.74) is 0. The molecule has 1 radical (unpaired) electrons. The summed E-state index contributed by atoms with van der Waals surface area (Å²) >= 11 is 0. The van der Waals surface area contributed by atoms with Crippen LogP contribution in [0.3, 0.4) is 0 Å². The minimum Gasteiger partial charge on any atom is -0.295 e. The van der Waals surface area contributed by atoms with Crippen LogP contribution in [-0.2, 0) is 4.84 Å². The molecule has 0 aromatic heterocycles. The Morgan fingerprint density at radius 1 is 1.57 bits per heavy atom. The summed E-state index contributed by atoms with van der Waals surface area (Å²) in [5.74, 6) is 5.27. The molecule has 0 unspecified atom stereocenters. The van der Waals surface area contributed by atoms with Gasteiger partial charge in [0.15, 0.2) is 0 Å². The van der Waals surface area contributed by atoms with E-state index in [0.29, 0.717) is 5.92 Å². The van der Waals surface area contributed by atoms with Crippen molar-refractivity contribution in [2.75, 3.05) is 0 Å². The third-order valence-electron chi connectivity index (χ3n) is 0.999. The highest BCUT2D eigenvalue weighted by Crippen LogP contribution is 2.09. The normalized spacial score (nSPS) is 11.1. The molecule has 0 heterocycles. The van der Waals surface area contributed by atoms with Crippen LogP contribution < -0.4 is 5.90 Å². The Balaban J connectivity index is 3.14. The van der Waals surface area contributed by atoms with Crippen LogP contribution in [0.5, 0.6) is 0 Å². The van der Waals surface area contributed by atoms with Crippen molar-refractivity contribution in [2.24, 2.45) is 11.8 Å². The van der Waals surface area contributed by atoms with Crippen molar-refractivity contribution in [1.82, 2.24) is 0 Å². The average Bonchev–Trinajstić information content (AvgIpc) is 1.65. The van der Waals surface area contributed by atoms with Gasteiger partial charge in [-0.3, -0.25) is 4.84 Å². The zero-order valence-electron chi connectivity index (χ0n) is 5.06. The van der Waals surface area contributed by atoms with E-state index >= 15 is 0 Å². The second-order valence-corrected chi connectivity index (χ2v) is 1.88. The highest BCUT2D eigenvalue weighted by molar-refractivity contribution is 4.73. The van der Waals surface area contributed by atoms with Gasteiger partial charge in [-0.2, -0.15) is 0 Å². The summed E-state index contributed by atoms with van der Waals surface area (Å²) in [6.07, 6.45) is 0.875. The number of hydrogen-bond donors (Lipinski definition) is 1. The molecule has 0 fully saturated rings. The minimum absolute atomic E-state index is 0.435. The van der Waals surface area contributed by atoms with Crippen LogP contribution in [0.2, 0.25) is 0 Å². The van der Waals surface area contributed by atoms with Crippen LogP contribution in [-0.4, -0.2) is 0 Å². The molecule has 2 N–H and O–H groups in total. The first-order valence-electron chi connectivity index (χ1n) is 2.38. The average molecular weight is 102 g/mol. The molecule has 0 spiro atoms. The lowest BCUT2D eigenvalue weighted by Crippen LogP contribution is -2.10. The fourth-order valence-corrected chi connectivity index (χ4v) is 0.136. The van der Waals surface area contributed by atoms with Gasteiger partial charge < -0.3 is 0 Å². The molecular formula is C5H12NO. The van der Waals surface area contributed by atoms with E-state index < -0.39 is 0 Å². The topological polar surface area (TPSA) is 35.2 Å². The molecule has 0 saturated carbocycles. The smallest absolute Gasteiger partial charge is 0.120 e. The molecule has 0 aromatic carbocycles. The Kier molecular flexibility index (Phi) is 2.96. The zero-order chi connectivity index (χ0) is 5.86. The minimum atomic E-state index is 0.435. The lowest BCUT2D eigenvalue weighted by atomic mass is 10.1. The number of hydrogen-bond acceptors (Lipinski definition) is 2. The van der Waals surface area contributed by atoms with Crippen LogP contribution >= 0.6 is 0 Å². The van der Waals surface area contributed by atoms with E-state index in [1.165, 1.54) is 0 Å². The van der Waals surface area contributed by atoms with Crippen molar-refractivity contribution in [1.29, 1.82) is 0 Å². The lowest BCUT2D eigenvalue weighted by molar-refractivity contribution is 0.123. The van der Waals surface area contributed by atoms with Crippen LogP contribution in [0.25, 0.3) is 0 Å². The molecule has 0 saturated heterocycles. The van der Waals surface area contributed by atoms with Gasteiger partial charge in [0.1, 0.15) is 6.10 Å². The second kappa shape index (κ2) is 2.99. The fraction of sp³-hybridized carbons (Fsp3) is 0.800. The van der Waals surface area contributed by atoms with Gasteiger partial charge in [-0.25, -0.2) is 5.90 Å². The largest absolute Gasteiger partial charge is 0.295 e. The number of nitrogens with two attached hydrogens (primary N) is 1. The molecule has 43 valence electrons. The monoisotopic (exact) mass is 102 g/mol. The molecule has 0 aliphatic carbocycles. The summed E-state index contributed by atoms with van der Waals surface area (Å²) in [6.45, 7) is 5.93. The van der Waals surface area contributed by atoms with E-state index in [1.807, 2.05) is 20.8 Å². The van der Waals surface area contributed by atoms with Gasteiger partial charge in [-0.05, 0) is 12.8 Å². The highest BCUT2D eigenvalue weighted by atomic mass is 16.6. The van der Waals surface area contributed by atoms with Gasteiger partial charge >= 0.3 is 0 Å². The maximum absolute atomic E-state index is 4.84. The molecule has 7 heavy (non-hydrogen) atoms. The van der Waals surface area contributed by atoms with Gasteiger partial charge in [-0.1, -0.05) is 13.8 Å². The fourth-order valence-electron chi connectivity index (χ4n) is 0.136. The number of rotatable bonds is 2. The Morgan fingerprint density at radius 3 is 2.00 bits per heavy atom. The van der Waals surface area contributed by atoms with E-state index in [1.54, 1.807) is 0 Å². The van der Waals surface area contributed by atoms with Crippen LogP contribution in [0, 0.1) is 12.0 Å². The van der Waals surface area contributed by atoms with Gasteiger partial charge in [-0.15, -0.1) is 0 Å². The summed E-state index contributed by atoms with van der Waals surface area (Å²) in [5, 5.41) is 0. The summed E-state index contributed by atoms with van der Waals surface area (Å²) < 4.78 is 0. The lowest BCUT2D eigenvalue weighted by Gasteiger charge is -2.08. The van der Waals surface area contributed by atoms with E-state index in [-0.39, 0.29) is 0 Å². The Bertz CT molecular complexity index is 45.3. The van der Waals surface area contributed by atoms with Crippen molar-refractivity contribution >= 4 is 0 Å². The maximum atomic E-state index is 4.84. The molecule has 0 rings (SSSR count). The standard InChI is InChI=1S/C5H12NO/c1-4(2)5(3)7-6/h4H,6H2,1-3H3. The first kappa shape index (κ1) is 6.92. The second-order valence-electron chi connectivity index (χ2n) is 1.88. The summed E-state index contributed by atoms with van der Waals surface area (Å²) in [4.78, 5) is 4.43. The van der Waals surface area contributed by atoms with Crippen molar-refractivity contribution in [3.8, 4) is 0 Å². The van der Waals surface area contributed by atoms with Crippen molar-refractivity contribution < 1.29 is 4.84 Å². The molecule has 2 heteroatoms. The van der Waals surface area contributed by atoms with E-state index in [9.17, 15) is 0 Å².